The molecule has 2 saturated carbocycles. The van der Waals surface area contributed by atoms with Gasteiger partial charge < -0.3 is 9.84 Å². The Kier molecular flexibility index (Phi) is 11.2. The van der Waals surface area contributed by atoms with E-state index in [4.69, 9.17) is 4.74 Å². The lowest BCUT2D eigenvalue weighted by Crippen LogP contribution is -2.25. The van der Waals surface area contributed by atoms with Gasteiger partial charge in [-0.15, -0.1) is 0 Å². The molecule has 2 aliphatic rings. The minimum absolute atomic E-state index is 0.0645. The highest BCUT2D eigenvalue weighted by Gasteiger charge is 2.31. The van der Waals surface area contributed by atoms with Crippen molar-refractivity contribution in [3.63, 3.8) is 0 Å². The van der Waals surface area contributed by atoms with Crippen LogP contribution in [-0.4, -0.2) is 17.7 Å². The Morgan fingerprint density at radius 3 is 2.26 bits per heavy atom. The van der Waals surface area contributed by atoms with Gasteiger partial charge in [-0.3, -0.25) is 0 Å². The Hall–Kier alpha value is -1.61. The van der Waals surface area contributed by atoms with E-state index in [2.05, 4.69) is 31.7 Å². The first-order chi connectivity index (χ1) is 16.5. The third-order valence-electron chi connectivity index (χ3n) is 8.59. The van der Waals surface area contributed by atoms with Crippen LogP contribution in [0.3, 0.4) is 0 Å². The van der Waals surface area contributed by atoms with Crippen molar-refractivity contribution in [2.45, 2.75) is 116 Å². The van der Waals surface area contributed by atoms with Crippen molar-refractivity contribution >= 4 is 5.97 Å². The zero-order valence-electron chi connectivity index (χ0n) is 21.8. The molecule has 0 saturated heterocycles. The molecule has 1 aromatic carbocycles. The maximum absolute atomic E-state index is 11.6. The molecule has 3 rings (SSSR count). The summed E-state index contributed by atoms with van der Waals surface area (Å²) in [6.07, 6.45) is 18.5. The summed E-state index contributed by atoms with van der Waals surface area (Å²) in [5.41, 5.74) is 4.08. The number of carbonyl (C=O) groups is 1. The number of unbranched alkanes of at least 4 members (excludes halogenated alkanes) is 2. The number of aliphatic hydroxyl groups excluding tert-OH is 1. The maximum Gasteiger partial charge on any atom is 0.333 e. The summed E-state index contributed by atoms with van der Waals surface area (Å²) in [4.78, 5) is 11.6. The van der Waals surface area contributed by atoms with Crippen molar-refractivity contribution in [2.24, 2.45) is 17.8 Å². The quantitative estimate of drug-likeness (QED) is 0.193. The van der Waals surface area contributed by atoms with Gasteiger partial charge in [-0.1, -0.05) is 70.2 Å². The molecule has 0 radical (unpaired) electrons. The summed E-state index contributed by atoms with van der Waals surface area (Å²) in [7, 11) is 0. The van der Waals surface area contributed by atoms with Crippen molar-refractivity contribution in [2.75, 3.05) is 6.61 Å². The smallest absolute Gasteiger partial charge is 0.333 e. The number of hydrogen-bond donors (Lipinski definition) is 1. The predicted octanol–water partition coefficient (Wildman–Crippen LogP) is 7.89. The Bertz CT molecular complexity index is 767. The molecule has 34 heavy (non-hydrogen) atoms. The Balaban J connectivity index is 1.46. The van der Waals surface area contributed by atoms with E-state index in [1.54, 1.807) is 6.92 Å². The van der Waals surface area contributed by atoms with Gasteiger partial charge in [-0.05, 0) is 98.7 Å². The van der Waals surface area contributed by atoms with Crippen LogP contribution in [0.5, 0.6) is 0 Å². The van der Waals surface area contributed by atoms with E-state index in [0.29, 0.717) is 18.1 Å². The van der Waals surface area contributed by atoms with E-state index < -0.39 is 0 Å². The topological polar surface area (TPSA) is 46.5 Å². The minimum atomic E-state index is -0.321. The molecule has 2 fully saturated rings. The zero-order valence-corrected chi connectivity index (χ0v) is 21.8. The minimum Gasteiger partial charge on any atom is -0.462 e. The summed E-state index contributed by atoms with van der Waals surface area (Å²) >= 11 is 0. The molecule has 0 unspecified atom stereocenters. The van der Waals surface area contributed by atoms with E-state index in [0.717, 1.165) is 36.2 Å². The van der Waals surface area contributed by atoms with E-state index in [9.17, 15) is 9.90 Å². The fourth-order valence-corrected chi connectivity index (χ4v) is 6.39. The zero-order chi connectivity index (χ0) is 24.3. The molecule has 3 heteroatoms. The first-order valence-corrected chi connectivity index (χ1v) is 14.1. The van der Waals surface area contributed by atoms with Crippen LogP contribution in [0, 0.1) is 17.8 Å². The van der Waals surface area contributed by atoms with Gasteiger partial charge in [-0.2, -0.15) is 0 Å². The molecule has 2 aliphatic carbocycles. The lowest BCUT2D eigenvalue weighted by Gasteiger charge is -2.38. The number of benzene rings is 1. The normalized spacial score (nSPS) is 25.1. The number of carbonyl (C=O) groups excluding carboxylic acids is 1. The summed E-state index contributed by atoms with van der Waals surface area (Å²) in [6.45, 7) is 8.06. The van der Waals surface area contributed by atoms with Crippen LogP contribution >= 0.6 is 0 Å². The highest BCUT2D eigenvalue weighted by Crippen LogP contribution is 2.44. The van der Waals surface area contributed by atoms with Gasteiger partial charge in [0.1, 0.15) is 0 Å². The highest BCUT2D eigenvalue weighted by molar-refractivity contribution is 5.86. The molecular weight excluding hydrogens is 420 g/mol. The molecule has 0 bridgehead atoms. The van der Waals surface area contributed by atoms with Gasteiger partial charge in [0.2, 0.25) is 0 Å². The molecule has 0 aliphatic heterocycles. The van der Waals surface area contributed by atoms with Crippen LogP contribution < -0.4 is 0 Å². The van der Waals surface area contributed by atoms with Crippen LogP contribution in [0.25, 0.3) is 0 Å². The fraction of sp³-hybridized carbons (Fsp3) is 0.710. The van der Waals surface area contributed by atoms with Crippen LogP contribution in [0.15, 0.2) is 30.4 Å². The monoisotopic (exact) mass is 468 g/mol. The molecular formula is C31H48O3. The standard InChI is InChI=1S/C31H48O3/c1-4-5-6-8-24-10-12-25(13-11-24)26-14-16-27(17-15-26)29-18-19-30(22-32)28(21-29)9-7-20-34-31(33)23(2)3/h18-19,21,24-27,32H,2,4-17,20,22H2,1,3H3. The summed E-state index contributed by atoms with van der Waals surface area (Å²) < 4.78 is 5.24. The van der Waals surface area contributed by atoms with Gasteiger partial charge in [0, 0.05) is 5.57 Å². The highest BCUT2D eigenvalue weighted by atomic mass is 16.5. The van der Waals surface area contributed by atoms with Crippen LogP contribution in [0.1, 0.15) is 120 Å². The van der Waals surface area contributed by atoms with E-state index in [1.165, 1.54) is 88.2 Å². The Labute approximate surface area is 208 Å². The van der Waals surface area contributed by atoms with Gasteiger partial charge in [0.15, 0.2) is 0 Å². The molecule has 0 atom stereocenters. The third-order valence-corrected chi connectivity index (χ3v) is 8.59. The van der Waals surface area contributed by atoms with E-state index in [-0.39, 0.29) is 12.6 Å². The van der Waals surface area contributed by atoms with Crippen LogP contribution in [0.4, 0.5) is 0 Å². The fourth-order valence-electron chi connectivity index (χ4n) is 6.39. The van der Waals surface area contributed by atoms with Gasteiger partial charge in [0.25, 0.3) is 0 Å². The molecule has 0 amide bonds. The second-order valence-corrected chi connectivity index (χ2v) is 11.1. The van der Waals surface area contributed by atoms with Crippen molar-refractivity contribution in [3.8, 4) is 0 Å². The van der Waals surface area contributed by atoms with Gasteiger partial charge in [-0.25, -0.2) is 4.79 Å². The first-order valence-electron chi connectivity index (χ1n) is 14.1. The SMILES string of the molecule is C=C(C)C(=O)OCCCc1cc(C2CCC(C3CCC(CCCCC)CC3)CC2)ccc1CO. The van der Waals surface area contributed by atoms with Crippen LogP contribution in [0.2, 0.25) is 0 Å². The van der Waals surface area contributed by atoms with Gasteiger partial charge in [0.05, 0.1) is 13.2 Å². The summed E-state index contributed by atoms with van der Waals surface area (Å²) in [5.74, 6) is 3.24. The Morgan fingerprint density at radius 1 is 0.971 bits per heavy atom. The average molecular weight is 469 g/mol. The largest absolute Gasteiger partial charge is 0.462 e. The Morgan fingerprint density at radius 2 is 1.65 bits per heavy atom. The molecule has 3 nitrogen and oxygen atoms in total. The summed E-state index contributed by atoms with van der Waals surface area (Å²) in [6, 6.07) is 6.66. The first kappa shape index (κ1) is 27.0. The maximum atomic E-state index is 11.6. The van der Waals surface area contributed by atoms with Gasteiger partial charge >= 0.3 is 5.97 Å². The van der Waals surface area contributed by atoms with E-state index >= 15 is 0 Å². The molecule has 0 aromatic heterocycles. The summed E-state index contributed by atoms with van der Waals surface area (Å²) in [5, 5.41) is 9.80. The number of hydrogen-bond acceptors (Lipinski definition) is 3. The second-order valence-electron chi connectivity index (χ2n) is 11.1. The van der Waals surface area contributed by atoms with Crippen molar-refractivity contribution in [3.05, 3.63) is 47.0 Å². The van der Waals surface area contributed by atoms with Crippen LogP contribution in [-0.2, 0) is 22.6 Å². The number of ether oxygens (including phenoxy) is 1. The number of aryl methyl sites for hydroxylation is 1. The number of rotatable bonds is 12. The lowest BCUT2D eigenvalue weighted by atomic mass is 9.68. The molecule has 0 heterocycles. The average Bonchev–Trinajstić information content (AvgIpc) is 2.87. The number of esters is 1. The lowest BCUT2D eigenvalue weighted by molar-refractivity contribution is -0.139. The van der Waals surface area contributed by atoms with Crippen molar-refractivity contribution in [1.82, 2.24) is 0 Å². The third kappa shape index (κ3) is 7.97. The molecule has 0 spiro atoms. The second kappa shape index (κ2) is 14.1. The number of aliphatic hydroxyl groups is 1. The van der Waals surface area contributed by atoms with E-state index in [1.807, 2.05) is 0 Å². The molecule has 190 valence electrons. The predicted molar refractivity (Wildman–Crippen MR) is 141 cm³/mol. The molecule has 1 aromatic rings. The molecule has 1 N–H and O–H groups in total. The van der Waals surface area contributed by atoms with Crippen molar-refractivity contribution < 1.29 is 14.6 Å². The van der Waals surface area contributed by atoms with Crippen molar-refractivity contribution in [1.29, 1.82) is 0 Å².